The van der Waals surface area contributed by atoms with Crippen LogP contribution in [0.1, 0.15) is 32.2 Å². The highest BCUT2D eigenvalue weighted by molar-refractivity contribution is 5.94. The smallest absolute Gasteiger partial charge is 0.341 e. The normalized spacial score (nSPS) is 10.2. The summed E-state index contributed by atoms with van der Waals surface area (Å²) in [6.07, 6.45) is 0. The second-order valence-electron chi connectivity index (χ2n) is 5.88. The van der Waals surface area contributed by atoms with E-state index in [4.69, 9.17) is 4.42 Å². The molecule has 0 saturated carbocycles. The maximum absolute atomic E-state index is 12.1. The molecule has 0 unspecified atom stereocenters. The molecule has 2 aromatic rings. The number of aryl methyl sites for hydroxylation is 1. The van der Waals surface area contributed by atoms with Gasteiger partial charge in [0.05, 0.1) is 13.7 Å². The number of carbonyl (C=O) groups excluding carboxylic acids is 3. The fraction of sp³-hybridized carbons (Fsp3) is 0.316. The van der Waals surface area contributed by atoms with Gasteiger partial charge in [-0.25, -0.2) is 9.59 Å². The molecule has 0 fully saturated rings. The number of esters is 1. The van der Waals surface area contributed by atoms with Crippen LogP contribution >= 0.6 is 0 Å². The van der Waals surface area contributed by atoms with E-state index in [1.54, 1.807) is 44.3 Å². The van der Waals surface area contributed by atoms with Gasteiger partial charge in [0.1, 0.15) is 17.1 Å². The first-order chi connectivity index (χ1) is 12.9. The number of nitrogens with zero attached hydrogens (tertiary/aromatic N) is 1. The summed E-state index contributed by atoms with van der Waals surface area (Å²) in [5, 5.41) is 5.43. The zero-order valence-electron chi connectivity index (χ0n) is 15.6. The van der Waals surface area contributed by atoms with Crippen LogP contribution in [0, 0.1) is 6.92 Å². The van der Waals surface area contributed by atoms with Crippen molar-refractivity contribution in [3.8, 4) is 0 Å². The highest BCUT2D eigenvalue weighted by Gasteiger charge is 2.17. The molecule has 0 atom stereocenters. The number of urea groups is 1. The Hall–Kier alpha value is -3.29. The molecule has 0 aliphatic carbocycles. The molecule has 0 aliphatic rings. The van der Waals surface area contributed by atoms with Crippen molar-refractivity contribution in [2.45, 2.75) is 13.5 Å². The third-order valence-corrected chi connectivity index (χ3v) is 3.84. The van der Waals surface area contributed by atoms with E-state index in [2.05, 4.69) is 15.4 Å². The van der Waals surface area contributed by atoms with Crippen LogP contribution in [0.4, 0.5) is 4.79 Å². The van der Waals surface area contributed by atoms with E-state index < -0.39 is 5.97 Å². The molecule has 2 rings (SSSR count). The number of nitrogens with one attached hydrogen (secondary N) is 2. The van der Waals surface area contributed by atoms with Gasteiger partial charge in [0, 0.05) is 25.7 Å². The second-order valence-corrected chi connectivity index (χ2v) is 5.88. The molecule has 8 heteroatoms. The molecule has 0 bridgehead atoms. The Morgan fingerprint density at radius 1 is 1.11 bits per heavy atom. The number of rotatable bonds is 7. The van der Waals surface area contributed by atoms with Crippen molar-refractivity contribution in [1.29, 1.82) is 0 Å². The molecule has 3 amide bonds. The lowest BCUT2D eigenvalue weighted by atomic mass is 10.2. The number of benzene rings is 1. The molecule has 144 valence electrons. The van der Waals surface area contributed by atoms with Crippen LogP contribution in [-0.2, 0) is 11.3 Å². The van der Waals surface area contributed by atoms with Crippen LogP contribution in [0.25, 0.3) is 0 Å². The lowest BCUT2D eigenvalue weighted by Gasteiger charge is -2.16. The van der Waals surface area contributed by atoms with Gasteiger partial charge in [0.25, 0.3) is 5.91 Å². The Morgan fingerprint density at radius 2 is 1.78 bits per heavy atom. The first-order valence-corrected chi connectivity index (χ1v) is 8.42. The van der Waals surface area contributed by atoms with Crippen molar-refractivity contribution < 1.29 is 23.5 Å². The highest BCUT2D eigenvalue weighted by atomic mass is 16.5. The van der Waals surface area contributed by atoms with Crippen molar-refractivity contribution in [1.82, 2.24) is 15.5 Å². The van der Waals surface area contributed by atoms with Gasteiger partial charge in [-0.1, -0.05) is 18.2 Å². The van der Waals surface area contributed by atoms with Crippen molar-refractivity contribution >= 4 is 17.9 Å². The molecule has 0 saturated heterocycles. The summed E-state index contributed by atoms with van der Waals surface area (Å²) in [4.78, 5) is 37.0. The van der Waals surface area contributed by atoms with E-state index in [9.17, 15) is 14.4 Å². The van der Waals surface area contributed by atoms with E-state index in [1.165, 1.54) is 12.0 Å². The number of methoxy groups -OCH3 is 1. The van der Waals surface area contributed by atoms with Crippen LogP contribution in [0.15, 0.2) is 40.8 Å². The fourth-order valence-corrected chi connectivity index (χ4v) is 2.41. The minimum Gasteiger partial charge on any atom is -0.465 e. The number of hydrogen-bond acceptors (Lipinski definition) is 5. The predicted octanol–water partition coefficient (Wildman–Crippen LogP) is 1.95. The van der Waals surface area contributed by atoms with Gasteiger partial charge >= 0.3 is 12.0 Å². The van der Waals surface area contributed by atoms with E-state index in [0.717, 1.165) is 0 Å². The minimum atomic E-state index is -0.483. The van der Waals surface area contributed by atoms with Crippen LogP contribution in [0.2, 0.25) is 0 Å². The molecule has 1 aromatic carbocycles. The van der Waals surface area contributed by atoms with Crippen LogP contribution in [0.5, 0.6) is 0 Å². The zero-order chi connectivity index (χ0) is 19.8. The lowest BCUT2D eigenvalue weighted by molar-refractivity contribution is 0.0598. The van der Waals surface area contributed by atoms with E-state index in [0.29, 0.717) is 29.2 Å². The number of hydrogen-bond donors (Lipinski definition) is 2. The van der Waals surface area contributed by atoms with Crippen molar-refractivity contribution in [2.75, 3.05) is 27.2 Å². The summed E-state index contributed by atoms with van der Waals surface area (Å²) in [5.74, 6) is 0.237. The van der Waals surface area contributed by atoms with Gasteiger partial charge in [-0.15, -0.1) is 0 Å². The molecule has 8 nitrogen and oxygen atoms in total. The Kier molecular flexibility index (Phi) is 6.99. The Balaban J connectivity index is 1.76. The maximum atomic E-state index is 12.1. The summed E-state index contributed by atoms with van der Waals surface area (Å²) >= 11 is 0. The van der Waals surface area contributed by atoms with E-state index in [1.807, 2.05) is 6.07 Å². The molecule has 0 spiro atoms. The Morgan fingerprint density at radius 3 is 2.44 bits per heavy atom. The standard InChI is InChI=1S/C19H23N3O5/c1-13-16(18(24)26-3)11-15(27-13)12-22(2)19(25)21-10-9-20-17(23)14-7-5-4-6-8-14/h4-8,11H,9-10,12H2,1-3H3,(H,20,23)(H,21,25). The minimum absolute atomic E-state index is 0.194. The third-order valence-electron chi connectivity index (χ3n) is 3.84. The van der Waals surface area contributed by atoms with Crippen molar-refractivity contribution in [3.63, 3.8) is 0 Å². The second kappa shape index (κ2) is 9.42. The molecular formula is C19H23N3O5. The zero-order valence-corrected chi connectivity index (χ0v) is 15.6. The van der Waals surface area contributed by atoms with Gasteiger partial charge in [-0.3, -0.25) is 4.79 Å². The topological polar surface area (TPSA) is 101 Å². The molecule has 0 aliphatic heterocycles. The molecule has 27 heavy (non-hydrogen) atoms. The first kappa shape index (κ1) is 20.0. The Labute approximate surface area is 157 Å². The highest BCUT2D eigenvalue weighted by Crippen LogP contribution is 2.16. The maximum Gasteiger partial charge on any atom is 0.341 e. The quantitative estimate of drug-likeness (QED) is 0.571. The van der Waals surface area contributed by atoms with Gasteiger partial charge in [0.15, 0.2) is 0 Å². The fourth-order valence-electron chi connectivity index (χ4n) is 2.41. The average molecular weight is 373 g/mol. The molecule has 2 N–H and O–H groups in total. The van der Waals surface area contributed by atoms with Crippen LogP contribution in [0.3, 0.4) is 0 Å². The third kappa shape index (κ3) is 5.60. The monoisotopic (exact) mass is 373 g/mol. The van der Waals surface area contributed by atoms with Crippen molar-refractivity contribution in [2.24, 2.45) is 0 Å². The van der Waals surface area contributed by atoms with Crippen molar-refractivity contribution in [3.05, 3.63) is 59.0 Å². The molecular weight excluding hydrogens is 350 g/mol. The first-order valence-electron chi connectivity index (χ1n) is 8.42. The number of furan rings is 1. The van der Waals surface area contributed by atoms with Crippen LogP contribution in [-0.4, -0.2) is 50.1 Å². The van der Waals surface area contributed by atoms with Crippen LogP contribution < -0.4 is 10.6 Å². The average Bonchev–Trinajstić information content (AvgIpc) is 3.04. The molecule has 0 radical (unpaired) electrons. The number of ether oxygens (including phenoxy) is 1. The largest absolute Gasteiger partial charge is 0.465 e. The number of amides is 3. The lowest BCUT2D eigenvalue weighted by Crippen LogP contribution is -2.40. The van der Waals surface area contributed by atoms with Gasteiger partial charge in [0.2, 0.25) is 0 Å². The SMILES string of the molecule is COC(=O)c1cc(CN(C)C(=O)NCCNC(=O)c2ccccc2)oc1C. The van der Waals surface area contributed by atoms with Gasteiger partial charge in [-0.2, -0.15) is 0 Å². The predicted molar refractivity (Wildman–Crippen MR) is 98.4 cm³/mol. The summed E-state index contributed by atoms with van der Waals surface area (Å²) in [5.41, 5.74) is 0.903. The number of carbonyl (C=O) groups is 3. The summed E-state index contributed by atoms with van der Waals surface area (Å²) in [6, 6.07) is 10.1. The van der Waals surface area contributed by atoms with Gasteiger partial charge < -0.3 is 24.7 Å². The summed E-state index contributed by atoms with van der Waals surface area (Å²) in [7, 11) is 2.90. The van der Waals surface area contributed by atoms with E-state index in [-0.39, 0.29) is 25.0 Å². The molecule has 1 heterocycles. The molecule has 1 aromatic heterocycles. The Bertz CT molecular complexity index is 801. The summed E-state index contributed by atoms with van der Waals surface area (Å²) < 4.78 is 10.2. The van der Waals surface area contributed by atoms with E-state index >= 15 is 0 Å². The summed E-state index contributed by atoms with van der Waals surface area (Å²) in [6.45, 7) is 2.44. The van der Waals surface area contributed by atoms with Gasteiger partial charge in [-0.05, 0) is 25.1 Å².